The van der Waals surface area contributed by atoms with Crippen LogP contribution in [0.25, 0.3) is 0 Å². The molecule has 0 unspecified atom stereocenters. The summed E-state index contributed by atoms with van der Waals surface area (Å²) in [4.78, 5) is 0. The largest absolute Gasteiger partial charge is 0.410 e. The van der Waals surface area contributed by atoms with Gasteiger partial charge in [-0.2, -0.15) is 5.10 Å². The van der Waals surface area contributed by atoms with E-state index in [9.17, 15) is 0 Å². The highest BCUT2D eigenvalue weighted by molar-refractivity contribution is 6.11. The van der Waals surface area contributed by atoms with Gasteiger partial charge in [0.1, 0.15) is 11.4 Å². The SMILES string of the molecule is O/N=C(/c1ccccc1)c1cccnn1. The van der Waals surface area contributed by atoms with Crippen molar-refractivity contribution in [3.8, 4) is 0 Å². The molecule has 1 aromatic heterocycles. The van der Waals surface area contributed by atoms with Gasteiger partial charge in [-0.25, -0.2) is 0 Å². The van der Waals surface area contributed by atoms with Crippen molar-refractivity contribution in [2.24, 2.45) is 5.16 Å². The van der Waals surface area contributed by atoms with Gasteiger partial charge in [0.05, 0.1) is 0 Å². The molecule has 4 heteroatoms. The van der Waals surface area contributed by atoms with Crippen molar-refractivity contribution in [3.63, 3.8) is 0 Å². The van der Waals surface area contributed by atoms with Crippen molar-refractivity contribution in [1.29, 1.82) is 0 Å². The summed E-state index contributed by atoms with van der Waals surface area (Å²) >= 11 is 0. The molecule has 0 fully saturated rings. The van der Waals surface area contributed by atoms with Crippen molar-refractivity contribution >= 4 is 5.71 Å². The number of rotatable bonds is 2. The van der Waals surface area contributed by atoms with Crippen LogP contribution in [0.2, 0.25) is 0 Å². The lowest BCUT2D eigenvalue weighted by Gasteiger charge is -2.01. The van der Waals surface area contributed by atoms with Crippen LogP contribution in [0.4, 0.5) is 0 Å². The Labute approximate surface area is 86.9 Å². The van der Waals surface area contributed by atoms with Gasteiger partial charge in [-0.15, -0.1) is 5.10 Å². The zero-order chi connectivity index (χ0) is 10.5. The van der Waals surface area contributed by atoms with Gasteiger partial charge < -0.3 is 5.21 Å². The maximum Gasteiger partial charge on any atom is 0.137 e. The molecule has 1 heterocycles. The molecule has 0 aliphatic rings. The predicted molar refractivity (Wildman–Crippen MR) is 55.9 cm³/mol. The number of hydrogen-bond acceptors (Lipinski definition) is 4. The lowest BCUT2D eigenvalue weighted by Crippen LogP contribution is -2.06. The van der Waals surface area contributed by atoms with Gasteiger partial charge in [-0.05, 0) is 12.1 Å². The molecule has 0 bridgehead atoms. The molecule has 15 heavy (non-hydrogen) atoms. The molecule has 0 radical (unpaired) electrons. The zero-order valence-corrected chi connectivity index (χ0v) is 7.91. The summed E-state index contributed by atoms with van der Waals surface area (Å²) < 4.78 is 0. The minimum absolute atomic E-state index is 0.420. The molecule has 0 spiro atoms. The monoisotopic (exact) mass is 199 g/mol. The van der Waals surface area contributed by atoms with E-state index in [4.69, 9.17) is 5.21 Å². The number of oxime groups is 1. The summed E-state index contributed by atoms with van der Waals surface area (Å²) in [5.74, 6) is 0. The summed E-state index contributed by atoms with van der Waals surface area (Å²) in [7, 11) is 0. The highest BCUT2D eigenvalue weighted by atomic mass is 16.4. The lowest BCUT2D eigenvalue weighted by molar-refractivity contribution is 0.319. The van der Waals surface area contributed by atoms with Crippen LogP contribution in [0.15, 0.2) is 53.8 Å². The fraction of sp³-hybridized carbons (Fsp3) is 0. The normalized spacial score (nSPS) is 11.3. The van der Waals surface area contributed by atoms with Gasteiger partial charge in [0.15, 0.2) is 0 Å². The summed E-state index contributed by atoms with van der Waals surface area (Å²) in [6.07, 6.45) is 1.57. The van der Waals surface area contributed by atoms with Gasteiger partial charge in [0.25, 0.3) is 0 Å². The predicted octanol–water partition coefficient (Wildman–Crippen LogP) is 1.70. The van der Waals surface area contributed by atoms with Crippen molar-refractivity contribution in [2.45, 2.75) is 0 Å². The third kappa shape index (κ3) is 1.99. The average Bonchev–Trinajstić information content (AvgIpc) is 2.33. The first-order chi connectivity index (χ1) is 7.42. The topological polar surface area (TPSA) is 58.4 Å². The Morgan fingerprint density at radius 2 is 1.87 bits per heavy atom. The van der Waals surface area contributed by atoms with Gasteiger partial charge in [0.2, 0.25) is 0 Å². The molecule has 0 aliphatic heterocycles. The highest BCUT2D eigenvalue weighted by Gasteiger charge is 2.07. The standard InChI is InChI=1S/C11H9N3O/c15-14-11(9-5-2-1-3-6-9)10-7-4-8-12-13-10/h1-8,15H/b14-11-. The third-order valence-corrected chi connectivity index (χ3v) is 1.96. The first kappa shape index (κ1) is 9.33. The number of aromatic nitrogens is 2. The fourth-order valence-corrected chi connectivity index (χ4v) is 1.28. The van der Waals surface area contributed by atoms with Crippen LogP contribution in [0.3, 0.4) is 0 Å². The molecule has 0 saturated carbocycles. The van der Waals surface area contributed by atoms with E-state index in [0.717, 1.165) is 5.56 Å². The number of benzene rings is 1. The van der Waals surface area contributed by atoms with Crippen molar-refractivity contribution in [2.75, 3.05) is 0 Å². The van der Waals surface area contributed by atoms with E-state index in [1.807, 2.05) is 30.3 Å². The number of hydrogen-bond donors (Lipinski definition) is 1. The smallest absolute Gasteiger partial charge is 0.137 e. The molecule has 1 aromatic carbocycles. The third-order valence-electron chi connectivity index (χ3n) is 1.96. The Kier molecular flexibility index (Phi) is 2.69. The molecule has 4 nitrogen and oxygen atoms in total. The molecular weight excluding hydrogens is 190 g/mol. The average molecular weight is 199 g/mol. The summed E-state index contributed by atoms with van der Waals surface area (Å²) in [6.45, 7) is 0. The quantitative estimate of drug-likeness (QED) is 0.455. The van der Waals surface area contributed by atoms with Crippen molar-refractivity contribution < 1.29 is 5.21 Å². The number of nitrogens with zero attached hydrogens (tertiary/aromatic N) is 3. The molecular formula is C11H9N3O. The minimum Gasteiger partial charge on any atom is -0.410 e. The van der Waals surface area contributed by atoms with Gasteiger partial charge in [-0.3, -0.25) is 0 Å². The van der Waals surface area contributed by atoms with E-state index in [-0.39, 0.29) is 0 Å². The van der Waals surface area contributed by atoms with Crippen molar-refractivity contribution in [1.82, 2.24) is 10.2 Å². The Morgan fingerprint density at radius 3 is 2.47 bits per heavy atom. The van der Waals surface area contributed by atoms with Crippen LogP contribution >= 0.6 is 0 Å². The van der Waals surface area contributed by atoms with Crippen LogP contribution in [-0.4, -0.2) is 21.1 Å². The Balaban J connectivity index is 2.44. The molecule has 1 N–H and O–H groups in total. The van der Waals surface area contributed by atoms with Crippen LogP contribution in [0, 0.1) is 0 Å². The second kappa shape index (κ2) is 4.32. The van der Waals surface area contributed by atoms with Gasteiger partial charge >= 0.3 is 0 Å². The van der Waals surface area contributed by atoms with E-state index in [2.05, 4.69) is 15.4 Å². The van der Waals surface area contributed by atoms with Gasteiger partial charge in [0, 0.05) is 11.8 Å². The van der Waals surface area contributed by atoms with E-state index in [0.29, 0.717) is 11.4 Å². The van der Waals surface area contributed by atoms with Gasteiger partial charge in [-0.1, -0.05) is 35.5 Å². The second-order valence-corrected chi connectivity index (χ2v) is 2.92. The van der Waals surface area contributed by atoms with Crippen molar-refractivity contribution in [3.05, 3.63) is 59.9 Å². The van der Waals surface area contributed by atoms with E-state index >= 15 is 0 Å². The maximum absolute atomic E-state index is 8.95. The Hall–Kier alpha value is -2.23. The molecule has 2 aromatic rings. The highest BCUT2D eigenvalue weighted by Crippen LogP contribution is 2.07. The molecule has 0 aliphatic carbocycles. The fourth-order valence-electron chi connectivity index (χ4n) is 1.28. The summed E-state index contributed by atoms with van der Waals surface area (Å²) in [5, 5.41) is 19.8. The minimum atomic E-state index is 0.420. The van der Waals surface area contributed by atoms with Crippen LogP contribution in [0.5, 0.6) is 0 Å². The van der Waals surface area contributed by atoms with E-state index in [1.165, 1.54) is 0 Å². The Morgan fingerprint density at radius 1 is 1.07 bits per heavy atom. The second-order valence-electron chi connectivity index (χ2n) is 2.92. The van der Waals surface area contributed by atoms with Crippen LogP contribution in [0.1, 0.15) is 11.3 Å². The molecule has 2 rings (SSSR count). The molecule has 0 atom stereocenters. The van der Waals surface area contributed by atoms with Crippen LogP contribution < -0.4 is 0 Å². The lowest BCUT2D eigenvalue weighted by atomic mass is 10.1. The van der Waals surface area contributed by atoms with E-state index < -0.39 is 0 Å². The summed E-state index contributed by atoms with van der Waals surface area (Å²) in [6, 6.07) is 12.8. The zero-order valence-electron chi connectivity index (χ0n) is 7.91. The molecule has 0 saturated heterocycles. The van der Waals surface area contributed by atoms with Crippen LogP contribution in [-0.2, 0) is 0 Å². The van der Waals surface area contributed by atoms with E-state index in [1.54, 1.807) is 18.3 Å². The first-order valence-electron chi connectivity index (χ1n) is 4.47. The molecule has 74 valence electrons. The molecule has 0 amide bonds. The maximum atomic E-state index is 8.95. The first-order valence-corrected chi connectivity index (χ1v) is 4.47. The Bertz CT molecular complexity index is 412. The summed E-state index contributed by atoms with van der Waals surface area (Å²) in [5.41, 5.74) is 1.77.